The van der Waals surface area contributed by atoms with E-state index in [4.69, 9.17) is 4.74 Å². The summed E-state index contributed by atoms with van der Waals surface area (Å²) in [4.78, 5) is 0. The van der Waals surface area contributed by atoms with E-state index in [2.05, 4.69) is 6.92 Å². The van der Waals surface area contributed by atoms with Crippen LogP contribution in [0, 0.1) is 6.92 Å². The van der Waals surface area contributed by atoms with E-state index in [-0.39, 0.29) is 0 Å². The van der Waals surface area contributed by atoms with Gasteiger partial charge in [0.1, 0.15) is 11.5 Å². The van der Waals surface area contributed by atoms with Gasteiger partial charge in [0.2, 0.25) is 0 Å². The number of halogens is 3. The lowest BCUT2D eigenvalue weighted by atomic mass is 10.1. The number of alkyl halides is 3. The van der Waals surface area contributed by atoms with Gasteiger partial charge in [0.15, 0.2) is 0 Å². The third kappa shape index (κ3) is 4.26. The van der Waals surface area contributed by atoms with Crippen LogP contribution in [0.3, 0.4) is 0 Å². The number of benzene rings is 2. The largest absolute Gasteiger partial charge is 0.457 e. The molecule has 0 aliphatic carbocycles. The van der Waals surface area contributed by atoms with Crippen molar-refractivity contribution in [3.63, 3.8) is 0 Å². The fourth-order valence-electron chi connectivity index (χ4n) is 2.17. The molecule has 0 atom stereocenters. The van der Waals surface area contributed by atoms with Crippen LogP contribution in [-0.2, 0) is 12.6 Å². The number of ether oxygens (including phenoxy) is 1. The van der Waals surface area contributed by atoms with E-state index >= 15 is 0 Å². The monoisotopic (exact) mass is 308 g/mol. The summed E-state index contributed by atoms with van der Waals surface area (Å²) < 4.78 is 43.6. The van der Waals surface area contributed by atoms with Crippen LogP contribution < -0.4 is 4.74 Å². The first-order valence-corrected chi connectivity index (χ1v) is 7.35. The van der Waals surface area contributed by atoms with E-state index < -0.39 is 11.7 Å². The maximum atomic E-state index is 12.6. The van der Waals surface area contributed by atoms with Gasteiger partial charge >= 0.3 is 6.18 Å². The summed E-state index contributed by atoms with van der Waals surface area (Å²) in [5, 5.41) is 0. The zero-order chi connectivity index (χ0) is 16.2. The minimum atomic E-state index is -4.33. The van der Waals surface area contributed by atoms with Crippen LogP contribution in [0.15, 0.2) is 42.5 Å². The molecule has 22 heavy (non-hydrogen) atoms. The molecule has 0 amide bonds. The molecule has 118 valence electrons. The van der Waals surface area contributed by atoms with E-state index in [0.29, 0.717) is 17.1 Å². The maximum Gasteiger partial charge on any atom is 0.416 e. The SMILES string of the molecule is CCCCc1ccc(Oc2ccc(C(F)(F)F)cc2C)cc1. The smallest absolute Gasteiger partial charge is 0.416 e. The number of hydrogen-bond donors (Lipinski definition) is 0. The molecule has 0 bridgehead atoms. The highest BCUT2D eigenvalue weighted by Crippen LogP contribution is 2.33. The van der Waals surface area contributed by atoms with Gasteiger partial charge in [-0.15, -0.1) is 0 Å². The summed E-state index contributed by atoms with van der Waals surface area (Å²) in [6.07, 6.45) is -1.03. The highest BCUT2D eigenvalue weighted by Gasteiger charge is 2.30. The van der Waals surface area contributed by atoms with Crippen molar-refractivity contribution in [3.05, 3.63) is 59.2 Å². The Kier molecular flexibility index (Phi) is 5.11. The van der Waals surface area contributed by atoms with Crippen LogP contribution in [0.1, 0.15) is 36.5 Å². The minimum Gasteiger partial charge on any atom is -0.457 e. The summed E-state index contributed by atoms with van der Waals surface area (Å²) in [6.45, 7) is 3.76. The van der Waals surface area contributed by atoms with Gasteiger partial charge in [0.25, 0.3) is 0 Å². The molecule has 4 heteroatoms. The highest BCUT2D eigenvalue weighted by atomic mass is 19.4. The molecule has 0 heterocycles. The molecule has 2 aromatic rings. The fourth-order valence-corrected chi connectivity index (χ4v) is 2.17. The molecule has 0 aliphatic heterocycles. The van der Waals surface area contributed by atoms with Crippen molar-refractivity contribution < 1.29 is 17.9 Å². The van der Waals surface area contributed by atoms with Gasteiger partial charge in [0.05, 0.1) is 5.56 Å². The van der Waals surface area contributed by atoms with Crippen molar-refractivity contribution in [2.45, 2.75) is 39.3 Å². The Morgan fingerprint density at radius 3 is 2.23 bits per heavy atom. The van der Waals surface area contributed by atoms with Crippen LogP contribution in [0.2, 0.25) is 0 Å². The van der Waals surface area contributed by atoms with Crippen molar-refractivity contribution in [2.24, 2.45) is 0 Å². The molecule has 0 aliphatic rings. The van der Waals surface area contributed by atoms with Gasteiger partial charge in [-0.05, 0) is 61.2 Å². The Morgan fingerprint density at radius 2 is 1.68 bits per heavy atom. The third-order valence-corrected chi connectivity index (χ3v) is 3.47. The van der Waals surface area contributed by atoms with Crippen molar-refractivity contribution in [3.8, 4) is 11.5 Å². The first-order chi connectivity index (χ1) is 10.4. The average molecular weight is 308 g/mol. The third-order valence-electron chi connectivity index (χ3n) is 3.47. The Balaban J connectivity index is 2.10. The van der Waals surface area contributed by atoms with Crippen LogP contribution in [0.25, 0.3) is 0 Å². The first-order valence-electron chi connectivity index (χ1n) is 7.35. The number of aryl methyl sites for hydroxylation is 2. The van der Waals surface area contributed by atoms with Gasteiger partial charge in [-0.25, -0.2) is 0 Å². The minimum absolute atomic E-state index is 0.439. The van der Waals surface area contributed by atoms with Gasteiger partial charge in [-0.3, -0.25) is 0 Å². The van der Waals surface area contributed by atoms with Crippen molar-refractivity contribution in [1.29, 1.82) is 0 Å². The zero-order valence-electron chi connectivity index (χ0n) is 12.7. The second-order valence-electron chi connectivity index (χ2n) is 5.33. The maximum absolute atomic E-state index is 12.6. The summed E-state index contributed by atoms with van der Waals surface area (Å²) in [5.74, 6) is 1.07. The molecular formula is C18H19F3O. The van der Waals surface area contributed by atoms with Gasteiger partial charge in [0, 0.05) is 0 Å². The summed E-state index contributed by atoms with van der Waals surface area (Å²) in [5.41, 5.74) is 1.04. The molecule has 0 aromatic heterocycles. The number of unbranched alkanes of at least 4 members (excludes halogenated alkanes) is 1. The highest BCUT2D eigenvalue weighted by molar-refractivity contribution is 5.41. The predicted octanol–water partition coefficient (Wildman–Crippen LogP) is 6.15. The van der Waals surface area contributed by atoms with Gasteiger partial charge in [-0.2, -0.15) is 13.2 Å². The molecule has 0 radical (unpaired) electrons. The number of hydrogen-bond acceptors (Lipinski definition) is 1. The summed E-state index contributed by atoms with van der Waals surface area (Å²) in [7, 11) is 0. The summed E-state index contributed by atoms with van der Waals surface area (Å²) in [6, 6.07) is 11.2. The van der Waals surface area contributed by atoms with E-state index in [1.165, 1.54) is 11.6 Å². The molecular weight excluding hydrogens is 289 g/mol. The van der Waals surface area contributed by atoms with Crippen molar-refractivity contribution in [1.82, 2.24) is 0 Å². The van der Waals surface area contributed by atoms with E-state index in [0.717, 1.165) is 31.4 Å². The van der Waals surface area contributed by atoms with Gasteiger partial charge in [-0.1, -0.05) is 25.5 Å². The summed E-state index contributed by atoms with van der Waals surface area (Å²) >= 11 is 0. The Morgan fingerprint density at radius 1 is 1.00 bits per heavy atom. The standard InChI is InChI=1S/C18H19F3O/c1-3-4-5-14-6-9-16(10-7-14)22-17-11-8-15(12-13(17)2)18(19,20)21/h6-12H,3-5H2,1-2H3. The van der Waals surface area contributed by atoms with Crippen molar-refractivity contribution in [2.75, 3.05) is 0 Å². The lowest BCUT2D eigenvalue weighted by Crippen LogP contribution is -2.05. The molecule has 0 saturated carbocycles. The Bertz CT molecular complexity index is 615. The van der Waals surface area contributed by atoms with E-state index in [1.54, 1.807) is 6.92 Å². The predicted molar refractivity (Wildman–Crippen MR) is 81.3 cm³/mol. The second-order valence-corrected chi connectivity index (χ2v) is 5.33. The first kappa shape index (κ1) is 16.4. The zero-order valence-corrected chi connectivity index (χ0v) is 12.7. The van der Waals surface area contributed by atoms with Crippen LogP contribution in [-0.4, -0.2) is 0 Å². The van der Waals surface area contributed by atoms with Crippen molar-refractivity contribution >= 4 is 0 Å². The van der Waals surface area contributed by atoms with Crippen LogP contribution >= 0.6 is 0 Å². The Labute approximate surface area is 128 Å². The molecule has 0 unspecified atom stereocenters. The quantitative estimate of drug-likeness (QED) is 0.644. The van der Waals surface area contributed by atoms with Crippen LogP contribution in [0.5, 0.6) is 11.5 Å². The molecule has 0 fully saturated rings. The number of rotatable bonds is 5. The lowest BCUT2D eigenvalue weighted by Gasteiger charge is -2.12. The molecule has 2 rings (SSSR count). The molecule has 0 saturated heterocycles. The van der Waals surface area contributed by atoms with Crippen LogP contribution in [0.4, 0.5) is 13.2 Å². The molecule has 0 N–H and O–H groups in total. The normalized spacial score (nSPS) is 11.5. The van der Waals surface area contributed by atoms with E-state index in [9.17, 15) is 13.2 Å². The topological polar surface area (TPSA) is 9.23 Å². The second kappa shape index (κ2) is 6.86. The molecule has 0 spiro atoms. The van der Waals surface area contributed by atoms with E-state index in [1.807, 2.05) is 24.3 Å². The fraction of sp³-hybridized carbons (Fsp3) is 0.333. The lowest BCUT2D eigenvalue weighted by molar-refractivity contribution is -0.137. The Hall–Kier alpha value is -1.97. The molecule has 1 nitrogen and oxygen atoms in total. The molecule has 2 aromatic carbocycles. The average Bonchev–Trinajstić information content (AvgIpc) is 2.47. The van der Waals surface area contributed by atoms with Gasteiger partial charge < -0.3 is 4.74 Å².